The number of nitrogens with zero attached hydrogens (tertiary/aromatic N) is 1. The summed E-state index contributed by atoms with van der Waals surface area (Å²) in [6.45, 7) is 4.87. The van der Waals surface area contributed by atoms with Crippen LogP contribution in [-0.2, 0) is 0 Å². The van der Waals surface area contributed by atoms with Crippen LogP contribution in [0, 0.1) is 13.8 Å². The van der Waals surface area contributed by atoms with Gasteiger partial charge in [0.05, 0.1) is 6.21 Å². The molecule has 0 fully saturated rings. The second-order valence-electron chi connectivity index (χ2n) is 4.82. The normalized spacial score (nSPS) is 10.9. The molecule has 0 saturated heterocycles. The molecule has 0 aliphatic rings. The summed E-state index contributed by atoms with van der Waals surface area (Å²) in [4.78, 5) is 0. The summed E-state index contributed by atoms with van der Waals surface area (Å²) in [5.41, 5.74) is 2.93. The van der Waals surface area contributed by atoms with E-state index in [1.54, 1.807) is 18.2 Å². The van der Waals surface area contributed by atoms with Gasteiger partial charge < -0.3 is 14.7 Å². The molecule has 0 unspecified atom stereocenters. The highest BCUT2D eigenvalue weighted by Crippen LogP contribution is 2.22. The first-order valence-electron chi connectivity index (χ1n) is 6.90. The van der Waals surface area contributed by atoms with Gasteiger partial charge in [-0.2, -0.15) is 0 Å². The molecule has 0 aliphatic heterocycles. The Bertz CT molecular complexity index is 671. The Hall–Kier alpha value is -2.20. The Labute approximate surface area is 134 Å². The fraction of sp³-hybridized carbons (Fsp3) is 0.235. The monoisotopic (exact) mass is 319 g/mol. The van der Waals surface area contributed by atoms with Crippen LogP contribution in [-0.4, -0.2) is 24.6 Å². The molecule has 1 N–H and O–H groups in total. The first-order valence-corrected chi connectivity index (χ1v) is 7.28. The SMILES string of the molecule is Cc1cccc(OCCOc2ccc(Cl)cc2C=NO)c1C. The van der Waals surface area contributed by atoms with E-state index >= 15 is 0 Å². The first kappa shape index (κ1) is 16.2. The van der Waals surface area contributed by atoms with Crippen molar-refractivity contribution in [1.82, 2.24) is 0 Å². The van der Waals surface area contributed by atoms with Crippen molar-refractivity contribution >= 4 is 17.8 Å². The number of ether oxygens (including phenoxy) is 2. The number of hydrogen-bond acceptors (Lipinski definition) is 4. The Kier molecular flexibility index (Phi) is 5.67. The van der Waals surface area contributed by atoms with Gasteiger partial charge in [-0.05, 0) is 49.2 Å². The van der Waals surface area contributed by atoms with E-state index in [-0.39, 0.29) is 0 Å². The number of halogens is 1. The molecule has 5 heteroatoms. The van der Waals surface area contributed by atoms with Gasteiger partial charge in [0.25, 0.3) is 0 Å². The topological polar surface area (TPSA) is 51.0 Å². The van der Waals surface area contributed by atoms with Crippen LogP contribution in [0.3, 0.4) is 0 Å². The second-order valence-corrected chi connectivity index (χ2v) is 5.26. The molecule has 0 spiro atoms. The summed E-state index contributed by atoms with van der Waals surface area (Å²) >= 11 is 5.90. The van der Waals surface area contributed by atoms with Crippen molar-refractivity contribution in [1.29, 1.82) is 0 Å². The van der Waals surface area contributed by atoms with Gasteiger partial charge in [-0.1, -0.05) is 28.9 Å². The lowest BCUT2D eigenvalue weighted by molar-refractivity contribution is 0.216. The van der Waals surface area contributed by atoms with E-state index in [2.05, 4.69) is 5.16 Å². The average Bonchev–Trinajstić information content (AvgIpc) is 2.50. The minimum absolute atomic E-state index is 0.376. The lowest BCUT2D eigenvalue weighted by atomic mass is 10.1. The lowest BCUT2D eigenvalue weighted by Crippen LogP contribution is -2.10. The molecule has 22 heavy (non-hydrogen) atoms. The van der Waals surface area contributed by atoms with Crippen molar-refractivity contribution in [3.8, 4) is 11.5 Å². The van der Waals surface area contributed by atoms with Gasteiger partial charge in [0.2, 0.25) is 0 Å². The Morgan fingerprint density at radius 3 is 2.55 bits per heavy atom. The van der Waals surface area contributed by atoms with Gasteiger partial charge in [0.15, 0.2) is 0 Å². The molecule has 2 aromatic rings. The zero-order valence-corrected chi connectivity index (χ0v) is 13.3. The molecule has 2 aromatic carbocycles. The number of hydrogen-bond donors (Lipinski definition) is 1. The molecule has 0 atom stereocenters. The van der Waals surface area contributed by atoms with E-state index in [0.717, 1.165) is 11.3 Å². The van der Waals surface area contributed by atoms with Crippen molar-refractivity contribution in [2.75, 3.05) is 13.2 Å². The van der Waals surface area contributed by atoms with Gasteiger partial charge in [0, 0.05) is 10.6 Å². The Morgan fingerprint density at radius 2 is 1.82 bits per heavy atom. The predicted molar refractivity (Wildman–Crippen MR) is 87.7 cm³/mol. The van der Waals surface area contributed by atoms with E-state index in [9.17, 15) is 0 Å². The number of benzene rings is 2. The molecule has 0 radical (unpaired) electrons. The molecule has 2 rings (SSSR count). The van der Waals surface area contributed by atoms with E-state index in [4.69, 9.17) is 26.3 Å². The average molecular weight is 320 g/mol. The van der Waals surface area contributed by atoms with Gasteiger partial charge in [-0.25, -0.2) is 0 Å². The van der Waals surface area contributed by atoms with Crippen LogP contribution in [0.25, 0.3) is 0 Å². The summed E-state index contributed by atoms with van der Waals surface area (Å²) in [6.07, 6.45) is 1.28. The third kappa shape index (κ3) is 4.15. The van der Waals surface area contributed by atoms with Crippen LogP contribution >= 0.6 is 11.6 Å². The zero-order chi connectivity index (χ0) is 15.9. The van der Waals surface area contributed by atoms with Crippen LogP contribution < -0.4 is 9.47 Å². The van der Waals surface area contributed by atoms with Crippen molar-refractivity contribution in [2.45, 2.75) is 13.8 Å². The van der Waals surface area contributed by atoms with Crippen molar-refractivity contribution in [2.24, 2.45) is 5.16 Å². The molecule has 4 nitrogen and oxygen atoms in total. The van der Waals surface area contributed by atoms with E-state index in [1.807, 2.05) is 32.0 Å². The van der Waals surface area contributed by atoms with Gasteiger partial charge in [0.1, 0.15) is 24.7 Å². The maximum Gasteiger partial charge on any atom is 0.128 e. The van der Waals surface area contributed by atoms with Crippen LogP contribution in [0.15, 0.2) is 41.6 Å². The molecule has 0 aliphatic carbocycles. The summed E-state index contributed by atoms with van der Waals surface area (Å²) in [5.74, 6) is 1.45. The second kappa shape index (κ2) is 7.71. The lowest BCUT2D eigenvalue weighted by Gasteiger charge is -2.12. The zero-order valence-electron chi connectivity index (χ0n) is 12.5. The van der Waals surface area contributed by atoms with Crippen LogP contribution in [0.1, 0.15) is 16.7 Å². The molecule has 0 heterocycles. The predicted octanol–water partition coefficient (Wildman–Crippen LogP) is 4.22. The summed E-state index contributed by atoms with van der Waals surface area (Å²) < 4.78 is 11.4. The smallest absolute Gasteiger partial charge is 0.128 e. The molecular formula is C17H18ClNO3. The summed E-state index contributed by atoms with van der Waals surface area (Å²) in [6, 6.07) is 11.1. The molecular weight excluding hydrogens is 302 g/mol. The van der Waals surface area contributed by atoms with Crippen molar-refractivity contribution in [3.05, 3.63) is 58.1 Å². The van der Waals surface area contributed by atoms with Crippen LogP contribution in [0.5, 0.6) is 11.5 Å². The summed E-state index contributed by atoms with van der Waals surface area (Å²) in [5, 5.41) is 12.2. The molecule has 116 valence electrons. The molecule has 0 bridgehead atoms. The van der Waals surface area contributed by atoms with Crippen LogP contribution in [0.4, 0.5) is 0 Å². The Morgan fingerprint density at radius 1 is 1.09 bits per heavy atom. The highest BCUT2D eigenvalue weighted by atomic mass is 35.5. The van der Waals surface area contributed by atoms with Crippen molar-refractivity contribution in [3.63, 3.8) is 0 Å². The van der Waals surface area contributed by atoms with Crippen molar-refractivity contribution < 1.29 is 14.7 Å². The minimum atomic E-state index is 0.376. The van der Waals surface area contributed by atoms with Crippen LogP contribution in [0.2, 0.25) is 5.02 Å². The molecule has 0 saturated carbocycles. The quantitative estimate of drug-likeness (QED) is 0.375. The Balaban J connectivity index is 1.93. The van der Waals surface area contributed by atoms with E-state index in [0.29, 0.717) is 29.5 Å². The third-order valence-electron chi connectivity index (χ3n) is 3.32. The summed E-state index contributed by atoms with van der Waals surface area (Å²) in [7, 11) is 0. The largest absolute Gasteiger partial charge is 0.490 e. The van der Waals surface area contributed by atoms with E-state index in [1.165, 1.54) is 11.8 Å². The maximum absolute atomic E-state index is 8.66. The molecule has 0 amide bonds. The fourth-order valence-corrected chi connectivity index (χ4v) is 2.18. The molecule has 0 aromatic heterocycles. The third-order valence-corrected chi connectivity index (χ3v) is 3.56. The van der Waals surface area contributed by atoms with E-state index < -0.39 is 0 Å². The standard InChI is InChI=1S/C17H18ClNO3/c1-12-4-3-5-16(13(12)2)21-8-9-22-17-7-6-15(18)10-14(17)11-19-20/h3-7,10-11,20H,8-9H2,1-2H3. The van der Waals surface area contributed by atoms with Gasteiger partial charge in [-0.3, -0.25) is 0 Å². The number of rotatable bonds is 6. The highest BCUT2D eigenvalue weighted by Gasteiger charge is 2.05. The minimum Gasteiger partial charge on any atom is -0.490 e. The fourth-order valence-electron chi connectivity index (χ4n) is 2.00. The number of aryl methyl sites for hydroxylation is 1. The highest BCUT2D eigenvalue weighted by molar-refractivity contribution is 6.30. The van der Waals surface area contributed by atoms with Gasteiger partial charge in [-0.15, -0.1) is 0 Å². The maximum atomic E-state index is 8.66. The first-order chi connectivity index (χ1) is 10.6. The number of oxime groups is 1. The van der Waals surface area contributed by atoms with Gasteiger partial charge >= 0.3 is 0 Å².